The van der Waals surface area contributed by atoms with Crippen LogP contribution in [0.15, 0.2) is 30.3 Å². The molecule has 1 aromatic carbocycles. The highest BCUT2D eigenvalue weighted by Crippen LogP contribution is 2.25. The first-order valence-corrected chi connectivity index (χ1v) is 6.06. The summed E-state index contributed by atoms with van der Waals surface area (Å²) in [7, 11) is 1.75. The van der Waals surface area contributed by atoms with Gasteiger partial charge in [-0.25, -0.2) is 4.68 Å². The van der Waals surface area contributed by atoms with Gasteiger partial charge in [0.1, 0.15) is 0 Å². The van der Waals surface area contributed by atoms with Gasteiger partial charge in [-0.2, -0.15) is 5.10 Å². The van der Waals surface area contributed by atoms with Crippen molar-refractivity contribution in [1.82, 2.24) is 9.78 Å². The van der Waals surface area contributed by atoms with Crippen LogP contribution in [0.3, 0.4) is 0 Å². The van der Waals surface area contributed by atoms with Gasteiger partial charge in [0.2, 0.25) is 10.9 Å². The molecular weight excluding hydrogens is 282 g/mol. The summed E-state index contributed by atoms with van der Waals surface area (Å²) in [5.41, 5.74) is 1.72. The second-order valence-electron chi connectivity index (χ2n) is 3.38. The fourth-order valence-electron chi connectivity index (χ4n) is 1.41. The van der Waals surface area contributed by atoms with Gasteiger partial charge >= 0.3 is 0 Å². The van der Waals surface area contributed by atoms with Crippen LogP contribution >= 0.6 is 34.8 Å². The van der Waals surface area contributed by atoms with E-state index in [1.807, 2.05) is 12.1 Å². The number of ether oxygens (including phenoxy) is 1. The molecule has 1 aromatic heterocycles. The average molecular weight is 292 g/mol. The van der Waals surface area contributed by atoms with Gasteiger partial charge in [0.05, 0.1) is 5.69 Å². The molecule has 3 nitrogen and oxygen atoms in total. The smallest absolute Gasteiger partial charge is 0.249 e. The number of halogens is 3. The number of rotatable bonds is 3. The van der Waals surface area contributed by atoms with E-state index in [9.17, 15) is 0 Å². The first kappa shape index (κ1) is 12.6. The summed E-state index contributed by atoms with van der Waals surface area (Å²) in [4.78, 5) is 0. The van der Waals surface area contributed by atoms with Gasteiger partial charge in [-0.15, -0.1) is 0 Å². The molecule has 2 aromatic rings. The highest BCUT2D eigenvalue weighted by Gasteiger charge is 2.10. The van der Waals surface area contributed by atoms with Gasteiger partial charge in [-0.3, -0.25) is 0 Å². The Bertz CT molecular complexity index is 508. The van der Waals surface area contributed by atoms with E-state index in [0.717, 1.165) is 11.3 Å². The summed E-state index contributed by atoms with van der Waals surface area (Å²) in [6.45, 7) is 0. The number of alkyl halides is 2. The van der Waals surface area contributed by atoms with Crippen molar-refractivity contribution in [3.8, 4) is 17.1 Å². The number of aryl methyl sites for hydroxylation is 1. The SMILES string of the molecule is Cn1nc(-c2ccc(Cl)cc2)cc1OC(Cl)Cl. The number of nitrogens with zero attached hydrogens (tertiary/aromatic N) is 2. The monoisotopic (exact) mass is 290 g/mol. The molecule has 0 atom stereocenters. The third-order valence-corrected chi connectivity index (χ3v) is 2.62. The van der Waals surface area contributed by atoms with E-state index in [1.165, 1.54) is 0 Å². The maximum Gasteiger partial charge on any atom is 0.249 e. The minimum absolute atomic E-state index is 0.505. The lowest BCUT2D eigenvalue weighted by molar-refractivity contribution is 0.321. The zero-order chi connectivity index (χ0) is 12.4. The third-order valence-electron chi connectivity index (χ3n) is 2.19. The maximum atomic E-state index is 5.82. The number of hydrogen-bond donors (Lipinski definition) is 0. The summed E-state index contributed by atoms with van der Waals surface area (Å²) < 4.78 is 6.75. The second kappa shape index (κ2) is 5.17. The molecule has 0 aliphatic heterocycles. The predicted molar refractivity (Wildman–Crippen MR) is 69.8 cm³/mol. The van der Waals surface area contributed by atoms with E-state index in [0.29, 0.717) is 10.9 Å². The quantitative estimate of drug-likeness (QED) is 0.802. The van der Waals surface area contributed by atoms with Crippen molar-refractivity contribution in [3.63, 3.8) is 0 Å². The molecule has 0 N–H and O–H groups in total. The van der Waals surface area contributed by atoms with Crippen LogP contribution in [0.5, 0.6) is 5.88 Å². The molecule has 0 saturated carbocycles. The van der Waals surface area contributed by atoms with Gasteiger partial charge in [0, 0.05) is 23.7 Å². The first-order chi connectivity index (χ1) is 8.06. The highest BCUT2D eigenvalue weighted by molar-refractivity contribution is 6.43. The molecule has 0 saturated heterocycles. The van der Waals surface area contributed by atoms with Crippen LogP contribution in [-0.4, -0.2) is 14.8 Å². The van der Waals surface area contributed by atoms with E-state index in [-0.39, 0.29) is 0 Å². The predicted octanol–water partition coefficient (Wildman–Crippen LogP) is 3.88. The van der Waals surface area contributed by atoms with Crippen LogP contribution in [-0.2, 0) is 7.05 Å². The molecular formula is C11H9Cl3N2O. The number of aromatic nitrogens is 2. The van der Waals surface area contributed by atoms with E-state index >= 15 is 0 Å². The molecule has 0 fully saturated rings. The Morgan fingerprint density at radius 3 is 2.47 bits per heavy atom. The third kappa shape index (κ3) is 3.06. The molecule has 0 aliphatic carbocycles. The summed E-state index contributed by atoms with van der Waals surface area (Å²) in [6.07, 6.45) is 0. The normalized spacial score (nSPS) is 10.9. The minimum atomic E-state index is -0.913. The highest BCUT2D eigenvalue weighted by atomic mass is 35.5. The zero-order valence-corrected chi connectivity index (χ0v) is 11.2. The first-order valence-electron chi connectivity index (χ1n) is 4.81. The molecule has 0 bridgehead atoms. The fraction of sp³-hybridized carbons (Fsp3) is 0.182. The molecule has 0 amide bonds. The molecule has 6 heteroatoms. The van der Waals surface area contributed by atoms with Crippen molar-refractivity contribution in [2.75, 3.05) is 0 Å². The second-order valence-corrected chi connectivity index (χ2v) is 4.83. The largest absolute Gasteiger partial charge is 0.444 e. The molecule has 1 heterocycles. The topological polar surface area (TPSA) is 27.1 Å². The molecule has 0 spiro atoms. The Balaban J connectivity index is 2.31. The fourth-order valence-corrected chi connectivity index (χ4v) is 1.72. The van der Waals surface area contributed by atoms with Crippen molar-refractivity contribution in [2.45, 2.75) is 5.02 Å². The van der Waals surface area contributed by atoms with Crippen molar-refractivity contribution in [1.29, 1.82) is 0 Å². The maximum absolute atomic E-state index is 5.82. The van der Waals surface area contributed by atoms with Crippen LogP contribution in [0.2, 0.25) is 5.02 Å². The molecule has 0 unspecified atom stereocenters. The minimum Gasteiger partial charge on any atom is -0.444 e. The Morgan fingerprint density at radius 1 is 1.24 bits per heavy atom. The van der Waals surface area contributed by atoms with Gasteiger partial charge < -0.3 is 4.74 Å². The van der Waals surface area contributed by atoms with Crippen LogP contribution in [0.25, 0.3) is 11.3 Å². The lowest BCUT2D eigenvalue weighted by Gasteiger charge is -2.04. The Kier molecular flexibility index (Phi) is 3.82. The zero-order valence-electron chi connectivity index (χ0n) is 8.90. The standard InChI is InChI=1S/C11H9Cl3N2O/c1-16-10(17-11(13)14)6-9(15-16)7-2-4-8(12)5-3-7/h2-6,11H,1H3. The van der Waals surface area contributed by atoms with Gasteiger partial charge in [0.15, 0.2) is 0 Å². The molecule has 17 heavy (non-hydrogen) atoms. The summed E-state index contributed by atoms with van der Waals surface area (Å²) in [5, 5.41) is 4.06. The Labute approximate surface area is 114 Å². The van der Waals surface area contributed by atoms with Crippen LogP contribution in [0, 0.1) is 0 Å². The van der Waals surface area contributed by atoms with Crippen molar-refractivity contribution >= 4 is 34.8 Å². The van der Waals surface area contributed by atoms with Crippen LogP contribution < -0.4 is 4.74 Å². The summed E-state index contributed by atoms with van der Waals surface area (Å²) in [6, 6.07) is 9.14. The van der Waals surface area contributed by atoms with E-state index in [1.54, 1.807) is 29.9 Å². The molecule has 2 rings (SSSR count). The van der Waals surface area contributed by atoms with E-state index in [4.69, 9.17) is 39.5 Å². The van der Waals surface area contributed by atoms with E-state index < -0.39 is 5.02 Å². The Hall–Kier alpha value is -0.900. The lowest BCUT2D eigenvalue weighted by Crippen LogP contribution is -2.03. The van der Waals surface area contributed by atoms with Crippen molar-refractivity contribution in [2.24, 2.45) is 7.05 Å². The lowest BCUT2D eigenvalue weighted by atomic mass is 10.2. The summed E-state index contributed by atoms with van der Waals surface area (Å²) >= 11 is 16.9. The van der Waals surface area contributed by atoms with E-state index in [2.05, 4.69) is 5.10 Å². The number of benzene rings is 1. The van der Waals surface area contributed by atoms with Gasteiger partial charge in [-0.05, 0) is 12.1 Å². The molecule has 0 aliphatic rings. The molecule has 0 radical (unpaired) electrons. The van der Waals surface area contributed by atoms with Crippen molar-refractivity contribution < 1.29 is 4.74 Å². The van der Waals surface area contributed by atoms with Crippen LogP contribution in [0.4, 0.5) is 0 Å². The van der Waals surface area contributed by atoms with Crippen LogP contribution in [0.1, 0.15) is 0 Å². The Morgan fingerprint density at radius 2 is 1.88 bits per heavy atom. The molecule has 90 valence electrons. The summed E-state index contributed by atoms with van der Waals surface area (Å²) in [5.74, 6) is 0.505. The van der Waals surface area contributed by atoms with Crippen molar-refractivity contribution in [3.05, 3.63) is 35.4 Å². The van der Waals surface area contributed by atoms with Gasteiger partial charge in [0.25, 0.3) is 0 Å². The average Bonchev–Trinajstić information content (AvgIpc) is 2.60. The van der Waals surface area contributed by atoms with Gasteiger partial charge in [-0.1, -0.05) is 46.9 Å². The number of hydrogen-bond acceptors (Lipinski definition) is 2.